The Morgan fingerprint density at radius 2 is 1.81 bits per heavy atom. The summed E-state index contributed by atoms with van der Waals surface area (Å²) < 4.78 is 17.1. The first-order valence-corrected chi connectivity index (χ1v) is 9.76. The molecule has 1 N–H and O–H groups in total. The van der Waals surface area contributed by atoms with E-state index < -0.39 is 0 Å². The molecule has 0 fully saturated rings. The van der Waals surface area contributed by atoms with E-state index in [1.165, 1.54) is 27.8 Å². The third-order valence-electron chi connectivity index (χ3n) is 5.36. The number of nitrogens with one attached hydrogen (secondary N) is 1. The van der Waals surface area contributed by atoms with Crippen molar-refractivity contribution in [1.29, 1.82) is 0 Å². The number of rotatable bonds is 6. The maximum atomic E-state index is 5.97. The van der Waals surface area contributed by atoms with Gasteiger partial charge < -0.3 is 19.5 Å². The first-order valence-electron chi connectivity index (χ1n) is 9.76. The second-order valence-electron chi connectivity index (χ2n) is 7.34. The van der Waals surface area contributed by atoms with Gasteiger partial charge in [0.05, 0.1) is 26.9 Å². The summed E-state index contributed by atoms with van der Waals surface area (Å²) in [4.78, 5) is 0. The van der Waals surface area contributed by atoms with Crippen LogP contribution in [0.2, 0.25) is 0 Å². The molecule has 1 unspecified atom stereocenters. The summed E-state index contributed by atoms with van der Waals surface area (Å²) in [7, 11) is 3.44. The van der Waals surface area contributed by atoms with Gasteiger partial charge in [-0.1, -0.05) is 19.9 Å². The summed E-state index contributed by atoms with van der Waals surface area (Å²) in [6.45, 7) is 10.1. The number of fused-ring (bicyclic) bond motifs is 1. The maximum absolute atomic E-state index is 5.97. The van der Waals surface area contributed by atoms with Crippen LogP contribution in [-0.4, -0.2) is 27.4 Å². The smallest absolute Gasteiger partial charge is 0.164 e. The molecule has 1 aliphatic heterocycles. The standard InChI is InChI=1S/C23H31NO3/c1-7-27-23-17-10-11-24-22(16(17)8-9-20(23)25-5)19-13-18(14(2)3)21(26-6)12-15(19)4/h8-9,12-14,22,24H,7,10-11H2,1-6H3. The van der Waals surface area contributed by atoms with Gasteiger partial charge in [0.25, 0.3) is 0 Å². The first-order chi connectivity index (χ1) is 13.0. The Morgan fingerprint density at radius 3 is 2.44 bits per heavy atom. The van der Waals surface area contributed by atoms with Gasteiger partial charge in [-0.2, -0.15) is 0 Å². The highest BCUT2D eigenvalue weighted by molar-refractivity contribution is 5.56. The van der Waals surface area contributed by atoms with Gasteiger partial charge in [-0.15, -0.1) is 0 Å². The van der Waals surface area contributed by atoms with Crippen molar-refractivity contribution in [3.8, 4) is 17.2 Å². The Bertz CT molecular complexity index is 814. The molecule has 0 spiro atoms. The molecule has 1 atom stereocenters. The zero-order chi connectivity index (χ0) is 19.6. The largest absolute Gasteiger partial charge is 0.496 e. The van der Waals surface area contributed by atoms with Gasteiger partial charge >= 0.3 is 0 Å². The van der Waals surface area contributed by atoms with Crippen LogP contribution in [0.5, 0.6) is 17.2 Å². The Labute approximate surface area is 162 Å². The molecule has 0 bridgehead atoms. The van der Waals surface area contributed by atoms with E-state index in [1.54, 1.807) is 14.2 Å². The van der Waals surface area contributed by atoms with Crippen molar-refractivity contribution in [3.05, 3.63) is 52.1 Å². The first kappa shape index (κ1) is 19.6. The van der Waals surface area contributed by atoms with Crippen LogP contribution in [0.3, 0.4) is 0 Å². The molecule has 2 aromatic rings. The van der Waals surface area contributed by atoms with Crippen LogP contribution in [0, 0.1) is 6.92 Å². The Kier molecular flexibility index (Phi) is 5.95. The molecular weight excluding hydrogens is 338 g/mol. The highest BCUT2D eigenvalue weighted by Gasteiger charge is 2.28. The predicted molar refractivity (Wildman–Crippen MR) is 110 cm³/mol. The van der Waals surface area contributed by atoms with Gasteiger partial charge in [-0.25, -0.2) is 0 Å². The molecular formula is C23H31NO3. The molecule has 1 aliphatic rings. The van der Waals surface area contributed by atoms with Crippen molar-refractivity contribution >= 4 is 0 Å². The Hall–Kier alpha value is -2.20. The number of methoxy groups -OCH3 is 2. The Morgan fingerprint density at radius 1 is 1.07 bits per heavy atom. The molecule has 4 nitrogen and oxygen atoms in total. The summed E-state index contributed by atoms with van der Waals surface area (Å²) in [5, 5.41) is 3.71. The number of hydrogen-bond donors (Lipinski definition) is 1. The zero-order valence-electron chi connectivity index (χ0n) is 17.3. The summed E-state index contributed by atoms with van der Waals surface area (Å²) in [6.07, 6.45) is 0.935. The quantitative estimate of drug-likeness (QED) is 0.796. The minimum atomic E-state index is 0.141. The normalized spacial score (nSPS) is 16.2. The zero-order valence-corrected chi connectivity index (χ0v) is 17.3. The second-order valence-corrected chi connectivity index (χ2v) is 7.34. The fourth-order valence-electron chi connectivity index (χ4n) is 4.00. The van der Waals surface area contributed by atoms with Gasteiger partial charge in [0.1, 0.15) is 5.75 Å². The molecule has 0 saturated carbocycles. The molecule has 3 rings (SSSR count). The number of aryl methyl sites for hydroxylation is 1. The topological polar surface area (TPSA) is 39.7 Å². The van der Waals surface area contributed by atoms with Crippen LogP contribution < -0.4 is 19.5 Å². The van der Waals surface area contributed by atoms with Crippen molar-refractivity contribution in [2.75, 3.05) is 27.4 Å². The minimum Gasteiger partial charge on any atom is -0.496 e. The van der Waals surface area contributed by atoms with E-state index in [4.69, 9.17) is 14.2 Å². The summed E-state index contributed by atoms with van der Waals surface area (Å²) in [5.41, 5.74) is 6.30. The van der Waals surface area contributed by atoms with Gasteiger partial charge in [-0.3, -0.25) is 0 Å². The molecule has 0 amide bonds. The molecule has 0 saturated heterocycles. The van der Waals surface area contributed by atoms with Crippen LogP contribution in [-0.2, 0) is 6.42 Å². The van der Waals surface area contributed by atoms with Crippen LogP contribution in [0.15, 0.2) is 24.3 Å². The molecule has 2 aromatic carbocycles. The lowest BCUT2D eigenvalue weighted by Gasteiger charge is -2.31. The third-order valence-corrected chi connectivity index (χ3v) is 5.36. The lowest BCUT2D eigenvalue weighted by molar-refractivity contribution is 0.305. The van der Waals surface area contributed by atoms with Crippen LogP contribution in [0.25, 0.3) is 0 Å². The SMILES string of the molecule is CCOc1c(OC)ccc2c1CCNC2c1cc(C(C)C)c(OC)cc1C. The van der Waals surface area contributed by atoms with Gasteiger partial charge in [-0.05, 0) is 66.6 Å². The Balaban J connectivity index is 2.14. The highest BCUT2D eigenvalue weighted by Crippen LogP contribution is 2.42. The van der Waals surface area contributed by atoms with Crippen molar-refractivity contribution < 1.29 is 14.2 Å². The molecule has 0 aliphatic carbocycles. The van der Waals surface area contributed by atoms with Crippen molar-refractivity contribution in [2.45, 2.75) is 46.1 Å². The minimum absolute atomic E-state index is 0.141. The molecule has 0 aromatic heterocycles. The maximum Gasteiger partial charge on any atom is 0.164 e. The van der Waals surface area contributed by atoms with Crippen molar-refractivity contribution in [3.63, 3.8) is 0 Å². The van der Waals surface area contributed by atoms with E-state index in [2.05, 4.69) is 44.3 Å². The summed E-state index contributed by atoms with van der Waals surface area (Å²) >= 11 is 0. The van der Waals surface area contributed by atoms with Crippen LogP contribution >= 0.6 is 0 Å². The third kappa shape index (κ3) is 3.63. The van der Waals surface area contributed by atoms with Gasteiger partial charge in [0, 0.05) is 12.1 Å². The highest BCUT2D eigenvalue weighted by atomic mass is 16.5. The van der Waals surface area contributed by atoms with Gasteiger partial charge in [0.15, 0.2) is 11.5 Å². The van der Waals surface area contributed by atoms with E-state index in [9.17, 15) is 0 Å². The number of ether oxygens (including phenoxy) is 3. The fraction of sp³-hybridized carbons (Fsp3) is 0.478. The molecule has 0 radical (unpaired) electrons. The van der Waals surface area contributed by atoms with Crippen molar-refractivity contribution in [1.82, 2.24) is 5.32 Å². The molecule has 27 heavy (non-hydrogen) atoms. The van der Waals surface area contributed by atoms with Crippen LogP contribution in [0.4, 0.5) is 0 Å². The second kappa shape index (κ2) is 8.22. The number of benzene rings is 2. The lowest BCUT2D eigenvalue weighted by atomic mass is 9.85. The molecule has 4 heteroatoms. The van der Waals surface area contributed by atoms with E-state index in [1.807, 2.05) is 13.0 Å². The average molecular weight is 370 g/mol. The monoisotopic (exact) mass is 369 g/mol. The van der Waals surface area contributed by atoms with Crippen LogP contribution in [0.1, 0.15) is 60.5 Å². The fourth-order valence-corrected chi connectivity index (χ4v) is 4.00. The lowest BCUT2D eigenvalue weighted by Crippen LogP contribution is -2.31. The van der Waals surface area contributed by atoms with E-state index >= 15 is 0 Å². The van der Waals surface area contributed by atoms with Gasteiger partial charge in [0.2, 0.25) is 0 Å². The van der Waals surface area contributed by atoms with E-state index in [0.29, 0.717) is 12.5 Å². The van der Waals surface area contributed by atoms with E-state index in [-0.39, 0.29) is 6.04 Å². The molecule has 146 valence electrons. The van der Waals surface area contributed by atoms with E-state index in [0.717, 1.165) is 30.2 Å². The summed E-state index contributed by atoms with van der Waals surface area (Å²) in [5.74, 6) is 3.06. The predicted octanol–water partition coefficient (Wildman–Crippen LogP) is 4.77. The van der Waals surface area contributed by atoms with Crippen molar-refractivity contribution in [2.24, 2.45) is 0 Å². The summed E-state index contributed by atoms with van der Waals surface area (Å²) in [6, 6.07) is 8.80. The number of hydrogen-bond acceptors (Lipinski definition) is 4. The molecule has 1 heterocycles. The average Bonchev–Trinajstić information content (AvgIpc) is 2.67.